The number of nitrogens with one attached hydrogen (secondary N) is 1. The zero-order valence-corrected chi connectivity index (χ0v) is 20.0. The highest BCUT2D eigenvalue weighted by molar-refractivity contribution is 8.01. The first-order valence-corrected chi connectivity index (χ1v) is 12.5. The molecule has 1 fully saturated rings. The van der Waals surface area contributed by atoms with Gasteiger partial charge in [0.1, 0.15) is 5.25 Å². The van der Waals surface area contributed by atoms with Gasteiger partial charge in [-0.1, -0.05) is 55.8 Å². The molecule has 5 nitrogen and oxygen atoms in total. The van der Waals surface area contributed by atoms with Gasteiger partial charge in [-0.2, -0.15) is 0 Å². The number of likely N-dealkylation sites (N-methyl/N-ethyl adjacent to an activating group) is 1. The number of anilines is 1. The lowest BCUT2D eigenvalue weighted by Crippen LogP contribution is -2.48. The molecule has 32 heavy (non-hydrogen) atoms. The quantitative estimate of drug-likeness (QED) is 0.684. The first kappa shape index (κ1) is 22.9. The van der Waals surface area contributed by atoms with Crippen molar-refractivity contribution in [2.75, 3.05) is 24.5 Å². The summed E-state index contributed by atoms with van der Waals surface area (Å²) in [4.78, 5) is 31.9. The van der Waals surface area contributed by atoms with Crippen molar-refractivity contribution < 1.29 is 9.59 Å². The van der Waals surface area contributed by atoms with Crippen molar-refractivity contribution in [2.24, 2.45) is 5.92 Å². The van der Waals surface area contributed by atoms with Crippen molar-refractivity contribution in [2.45, 2.75) is 56.3 Å². The SMILES string of the molecule is CCN1CCC[C@@H]1CNC(=O)[C@H](C)[C@H]1Sc2ccccc2N(Cc2ccc(C)cc2)C1=O. The predicted octanol–water partition coefficient (Wildman–Crippen LogP) is 4.24. The molecule has 2 aromatic rings. The summed E-state index contributed by atoms with van der Waals surface area (Å²) in [6.45, 7) is 9.39. The Labute approximate surface area is 195 Å². The number of likely N-dealkylation sites (tertiary alicyclic amines) is 1. The topological polar surface area (TPSA) is 52.7 Å². The van der Waals surface area contributed by atoms with Crippen LogP contribution < -0.4 is 10.2 Å². The Hall–Kier alpha value is -2.31. The Morgan fingerprint density at radius 1 is 1.19 bits per heavy atom. The molecule has 0 saturated carbocycles. The normalized spacial score (nSPS) is 22.0. The molecule has 2 aliphatic rings. The second kappa shape index (κ2) is 10.1. The lowest BCUT2D eigenvalue weighted by atomic mass is 10.0. The van der Waals surface area contributed by atoms with E-state index in [4.69, 9.17) is 0 Å². The molecular formula is C26H33N3O2S. The summed E-state index contributed by atoms with van der Waals surface area (Å²) in [6, 6.07) is 16.7. The van der Waals surface area contributed by atoms with Gasteiger partial charge in [-0.15, -0.1) is 11.8 Å². The minimum atomic E-state index is -0.429. The van der Waals surface area contributed by atoms with Crippen LogP contribution in [0.25, 0.3) is 0 Å². The molecule has 0 unspecified atom stereocenters. The molecule has 0 spiro atoms. The van der Waals surface area contributed by atoms with E-state index in [1.165, 1.54) is 23.7 Å². The Kier molecular flexibility index (Phi) is 7.21. The summed E-state index contributed by atoms with van der Waals surface area (Å²) < 4.78 is 0. The molecule has 6 heteroatoms. The first-order valence-electron chi connectivity index (χ1n) is 11.6. The summed E-state index contributed by atoms with van der Waals surface area (Å²) in [6.07, 6.45) is 2.31. The largest absolute Gasteiger partial charge is 0.354 e. The zero-order valence-electron chi connectivity index (χ0n) is 19.2. The molecule has 2 amide bonds. The zero-order chi connectivity index (χ0) is 22.7. The molecule has 1 saturated heterocycles. The van der Waals surface area contributed by atoms with E-state index >= 15 is 0 Å². The van der Waals surface area contributed by atoms with Crippen molar-refractivity contribution in [1.29, 1.82) is 0 Å². The Morgan fingerprint density at radius 2 is 1.94 bits per heavy atom. The molecule has 0 aromatic heterocycles. The number of aryl methyl sites for hydroxylation is 1. The van der Waals surface area contributed by atoms with Crippen LogP contribution in [0.5, 0.6) is 0 Å². The number of fused-ring (bicyclic) bond motifs is 1. The summed E-state index contributed by atoms with van der Waals surface area (Å²) >= 11 is 1.52. The van der Waals surface area contributed by atoms with Crippen molar-refractivity contribution in [3.8, 4) is 0 Å². The molecule has 0 radical (unpaired) electrons. The third kappa shape index (κ3) is 4.86. The molecule has 1 N–H and O–H groups in total. The van der Waals surface area contributed by atoms with Crippen LogP contribution in [0, 0.1) is 12.8 Å². The third-order valence-electron chi connectivity index (χ3n) is 6.67. The number of nitrogens with zero attached hydrogens (tertiary/aromatic N) is 2. The van der Waals surface area contributed by atoms with E-state index in [1.807, 2.05) is 36.1 Å². The second-order valence-electron chi connectivity index (χ2n) is 8.87. The highest BCUT2D eigenvalue weighted by atomic mass is 32.2. The standard InChI is InChI=1S/C26H33N3O2S/c1-4-28-15-7-8-21(28)16-27-25(30)19(3)24-26(31)29(17-20-13-11-18(2)12-14-20)22-9-5-6-10-23(22)32-24/h5-6,9-14,19,21,24H,4,7-8,15-17H2,1-3H3,(H,27,30)/t19-,21-,24-/m1/s1. The predicted molar refractivity (Wildman–Crippen MR) is 131 cm³/mol. The maximum Gasteiger partial charge on any atom is 0.241 e. The number of thioether (sulfide) groups is 1. The van der Waals surface area contributed by atoms with Gasteiger partial charge in [-0.05, 0) is 50.6 Å². The number of hydrogen-bond acceptors (Lipinski definition) is 4. The highest BCUT2D eigenvalue weighted by Gasteiger charge is 2.39. The van der Waals surface area contributed by atoms with E-state index in [-0.39, 0.29) is 11.8 Å². The van der Waals surface area contributed by atoms with Gasteiger partial charge in [-0.3, -0.25) is 14.5 Å². The Balaban J connectivity index is 1.49. The van der Waals surface area contributed by atoms with E-state index in [2.05, 4.69) is 48.3 Å². The molecule has 170 valence electrons. The Morgan fingerprint density at radius 3 is 2.69 bits per heavy atom. The van der Waals surface area contributed by atoms with Gasteiger partial charge in [0.05, 0.1) is 18.2 Å². The van der Waals surface area contributed by atoms with E-state index in [1.54, 1.807) is 0 Å². The molecule has 0 bridgehead atoms. The fraction of sp³-hybridized carbons (Fsp3) is 0.462. The van der Waals surface area contributed by atoms with E-state index in [9.17, 15) is 9.59 Å². The molecule has 0 aliphatic carbocycles. The van der Waals surface area contributed by atoms with Crippen LogP contribution in [0.1, 0.15) is 37.8 Å². The molecule has 3 atom stereocenters. The first-order chi connectivity index (χ1) is 15.5. The van der Waals surface area contributed by atoms with Gasteiger partial charge in [0.25, 0.3) is 0 Å². The van der Waals surface area contributed by atoms with Crippen LogP contribution in [-0.4, -0.2) is 47.6 Å². The van der Waals surface area contributed by atoms with Crippen LogP contribution in [0.4, 0.5) is 5.69 Å². The summed E-state index contributed by atoms with van der Waals surface area (Å²) in [5, 5.41) is 2.71. The van der Waals surface area contributed by atoms with Crippen molar-refractivity contribution in [1.82, 2.24) is 10.2 Å². The van der Waals surface area contributed by atoms with Gasteiger partial charge in [-0.25, -0.2) is 0 Å². The second-order valence-corrected chi connectivity index (χ2v) is 10.1. The minimum Gasteiger partial charge on any atom is -0.354 e. The van der Waals surface area contributed by atoms with Crippen LogP contribution in [0.15, 0.2) is 53.4 Å². The summed E-state index contributed by atoms with van der Waals surface area (Å²) in [5.74, 6) is -0.431. The lowest BCUT2D eigenvalue weighted by molar-refractivity contribution is -0.128. The van der Waals surface area contributed by atoms with Crippen LogP contribution >= 0.6 is 11.8 Å². The van der Waals surface area contributed by atoms with E-state index in [0.717, 1.165) is 35.7 Å². The van der Waals surface area contributed by atoms with Crippen molar-refractivity contribution >= 4 is 29.3 Å². The number of rotatable bonds is 7. The fourth-order valence-electron chi connectivity index (χ4n) is 4.65. The highest BCUT2D eigenvalue weighted by Crippen LogP contribution is 2.42. The number of carbonyl (C=O) groups is 2. The lowest BCUT2D eigenvalue weighted by Gasteiger charge is -2.36. The maximum absolute atomic E-state index is 13.6. The van der Waals surface area contributed by atoms with Crippen molar-refractivity contribution in [3.05, 3.63) is 59.7 Å². The molecule has 2 heterocycles. The minimum absolute atomic E-state index is 0.00739. The molecule has 2 aliphatic heterocycles. The van der Waals surface area contributed by atoms with Gasteiger partial charge in [0.2, 0.25) is 11.8 Å². The number of para-hydroxylation sites is 1. The molecular weight excluding hydrogens is 418 g/mol. The maximum atomic E-state index is 13.6. The monoisotopic (exact) mass is 451 g/mol. The number of amides is 2. The molecule has 2 aromatic carbocycles. The number of benzene rings is 2. The average molecular weight is 452 g/mol. The summed E-state index contributed by atoms with van der Waals surface area (Å²) in [5.41, 5.74) is 3.21. The van der Waals surface area contributed by atoms with Crippen molar-refractivity contribution in [3.63, 3.8) is 0 Å². The van der Waals surface area contributed by atoms with E-state index in [0.29, 0.717) is 19.1 Å². The van der Waals surface area contributed by atoms with Crippen LogP contribution in [0.3, 0.4) is 0 Å². The molecule has 4 rings (SSSR count). The number of hydrogen-bond donors (Lipinski definition) is 1. The van der Waals surface area contributed by atoms with Gasteiger partial charge in [0, 0.05) is 17.5 Å². The van der Waals surface area contributed by atoms with Crippen LogP contribution in [-0.2, 0) is 16.1 Å². The third-order valence-corrected chi connectivity index (χ3v) is 8.13. The van der Waals surface area contributed by atoms with E-state index < -0.39 is 11.2 Å². The fourth-order valence-corrected chi connectivity index (χ4v) is 5.94. The van der Waals surface area contributed by atoms with Gasteiger partial charge >= 0.3 is 0 Å². The van der Waals surface area contributed by atoms with Crippen LogP contribution in [0.2, 0.25) is 0 Å². The summed E-state index contributed by atoms with van der Waals surface area (Å²) in [7, 11) is 0. The average Bonchev–Trinajstić information content (AvgIpc) is 3.27. The van der Waals surface area contributed by atoms with Gasteiger partial charge in [0.15, 0.2) is 0 Å². The smallest absolute Gasteiger partial charge is 0.241 e. The van der Waals surface area contributed by atoms with Gasteiger partial charge < -0.3 is 10.2 Å². The number of carbonyl (C=O) groups excluding carboxylic acids is 2. The Bertz CT molecular complexity index is 962.